The summed E-state index contributed by atoms with van der Waals surface area (Å²) in [6.07, 6.45) is 13.1. The van der Waals surface area contributed by atoms with Crippen molar-refractivity contribution in [3.05, 3.63) is 35.9 Å². The van der Waals surface area contributed by atoms with E-state index in [9.17, 15) is 24.6 Å². The average Bonchev–Trinajstić information content (AvgIpc) is 2.80. The van der Waals surface area contributed by atoms with Gasteiger partial charge in [0.15, 0.2) is 5.41 Å². The minimum absolute atomic E-state index is 0.0288. The number of rotatable bonds is 20. The topological polar surface area (TPSA) is 101 Å². The molecule has 0 amide bonds. The highest BCUT2D eigenvalue weighted by Gasteiger charge is 2.46. The van der Waals surface area contributed by atoms with Crippen molar-refractivity contribution in [2.24, 2.45) is 5.41 Å². The molecule has 33 heavy (non-hydrogen) atoms. The fraction of sp³-hybridized carbons (Fsp3) is 0.667. The predicted molar refractivity (Wildman–Crippen MR) is 129 cm³/mol. The Labute approximate surface area is 198 Å². The maximum atomic E-state index is 12.1. The molecule has 0 heterocycles. The van der Waals surface area contributed by atoms with Crippen molar-refractivity contribution in [1.82, 2.24) is 0 Å². The Hall–Kier alpha value is -2.37. The van der Waals surface area contributed by atoms with Gasteiger partial charge >= 0.3 is 17.9 Å². The van der Waals surface area contributed by atoms with Crippen molar-refractivity contribution in [3.8, 4) is 0 Å². The SMILES string of the molecule is CCCCCCCCCCCCCCC(CCC(=O)OCc1ccccc1)(C(=O)O)C(=O)O. The van der Waals surface area contributed by atoms with E-state index in [0.717, 1.165) is 24.8 Å². The Bertz CT molecular complexity index is 671. The van der Waals surface area contributed by atoms with Crippen LogP contribution in [-0.2, 0) is 25.7 Å². The minimum atomic E-state index is -1.94. The standard InChI is InChI=1S/C27H42O6/c1-2-3-4-5-6-7-8-9-10-11-12-16-20-27(25(29)30,26(31)32)21-19-24(28)33-22-23-17-14-13-15-18-23/h13-15,17-18H,2-12,16,19-22H2,1H3,(H,29,30)(H,31,32). The van der Waals surface area contributed by atoms with Crippen LogP contribution in [0.5, 0.6) is 0 Å². The van der Waals surface area contributed by atoms with Crippen LogP contribution in [0.3, 0.4) is 0 Å². The predicted octanol–water partition coefficient (Wildman–Crippen LogP) is 6.76. The van der Waals surface area contributed by atoms with Crippen LogP contribution < -0.4 is 0 Å². The largest absolute Gasteiger partial charge is 0.480 e. The number of carbonyl (C=O) groups excluding carboxylic acids is 1. The van der Waals surface area contributed by atoms with Gasteiger partial charge in [0.1, 0.15) is 6.61 Å². The lowest BCUT2D eigenvalue weighted by Crippen LogP contribution is -2.40. The number of esters is 1. The smallest absolute Gasteiger partial charge is 0.321 e. The highest BCUT2D eigenvalue weighted by Crippen LogP contribution is 2.32. The molecule has 1 rings (SSSR count). The first-order valence-electron chi connectivity index (χ1n) is 12.6. The van der Waals surface area contributed by atoms with Crippen LogP contribution in [0.2, 0.25) is 0 Å². The molecule has 0 radical (unpaired) electrons. The normalized spacial score (nSPS) is 11.3. The highest BCUT2D eigenvalue weighted by molar-refractivity contribution is 5.98. The summed E-state index contributed by atoms with van der Waals surface area (Å²) in [7, 11) is 0. The average molecular weight is 463 g/mol. The molecule has 186 valence electrons. The summed E-state index contributed by atoms with van der Waals surface area (Å²) in [6, 6.07) is 9.16. The van der Waals surface area contributed by atoms with Gasteiger partial charge in [-0.15, -0.1) is 0 Å². The van der Waals surface area contributed by atoms with Gasteiger partial charge in [0.2, 0.25) is 0 Å². The summed E-state index contributed by atoms with van der Waals surface area (Å²) in [6.45, 7) is 2.31. The number of hydrogen-bond acceptors (Lipinski definition) is 4. The van der Waals surface area contributed by atoms with Crippen molar-refractivity contribution < 1.29 is 29.3 Å². The third-order valence-electron chi connectivity index (χ3n) is 6.27. The molecule has 0 saturated carbocycles. The Balaban J connectivity index is 2.30. The zero-order chi connectivity index (χ0) is 24.4. The van der Waals surface area contributed by atoms with Gasteiger partial charge in [-0.3, -0.25) is 14.4 Å². The summed E-state index contributed by atoms with van der Waals surface area (Å²) >= 11 is 0. The molecular weight excluding hydrogens is 420 g/mol. The number of aliphatic carboxylic acids is 2. The van der Waals surface area contributed by atoms with Crippen molar-refractivity contribution in [2.45, 2.75) is 110 Å². The van der Waals surface area contributed by atoms with Crippen LogP contribution >= 0.6 is 0 Å². The second kappa shape index (κ2) is 17.2. The molecule has 0 aliphatic heterocycles. The van der Waals surface area contributed by atoms with E-state index in [1.807, 2.05) is 30.3 Å². The molecule has 0 aromatic heterocycles. The molecule has 6 heteroatoms. The Kier molecular flexibility index (Phi) is 14.9. The van der Waals surface area contributed by atoms with E-state index < -0.39 is 23.3 Å². The summed E-state index contributed by atoms with van der Waals surface area (Å²) in [5.41, 5.74) is -1.12. The molecule has 0 unspecified atom stereocenters. The van der Waals surface area contributed by atoms with E-state index in [-0.39, 0.29) is 25.9 Å². The summed E-state index contributed by atoms with van der Waals surface area (Å²) in [4.78, 5) is 35.8. The summed E-state index contributed by atoms with van der Waals surface area (Å²) < 4.78 is 5.18. The minimum Gasteiger partial charge on any atom is -0.480 e. The number of ether oxygens (including phenoxy) is 1. The zero-order valence-electron chi connectivity index (χ0n) is 20.2. The first-order valence-corrected chi connectivity index (χ1v) is 12.6. The van der Waals surface area contributed by atoms with Gasteiger partial charge < -0.3 is 14.9 Å². The number of carboxylic acids is 2. The van der Waals surface area contributed by atoms with Crippen molar-refractivity contribution in [3.63, 3.8) is 0 Å². The first kappa shape index (κ1) is 28.7. The number of carboxylic acid groups (broad SMARTS) is 2. The van der Waals surface area contributed by atoms with E-state index in [2.05, 4.69) is 6.92 Å². The monoisotopic (exact) mass is 462 g/mol. The molecule has 0 atom stereocenters. The first-order chi connectivity index (χ1) is 15.9. The van der Waals surface area contributed by atoms with Crippen molar-refractivity contribution in [1.29, 1.82) is 0 Å². The molecule has 1 aromatic carbocycles. The van der Waals surface area contributed by atoms with E-state index in [0.29, 0.717) is 6.42 Å². The lowest BCUT2D eigenvalue weighted by Gasteiger charge is -2.24. The maximum absolute atomic E-state index is 12.1. The summed E-state index contributed by atoms with van der Waals surface area (Å²) in [5, 5.41) is 19.3. The van der Waals surface area contributed by atoms with E-state index >= 15 is 0 Å². The van der Waals surface area contributed by atoms with E-state index in [4.69, 9.17) is 4.74 Å². The van der Waals surface area contributed by atoms with Crippen LogP contribution in [0.15, 0.2) is 30.3 Å². The maximum Gasteiger partial charge on any atom is 0.321 e. The van der Waals surface area contributed by atoms with Gasteiger partial charge in [0.25, 0.3) is 0 Å². The van der Waals surface area contributed by atoms with Crippen LogP contribution in [0.1, 0.15) is 109 Å². The quantitative estimate of drug-likeness (QED) is 0.126. The fourth-order valence-electron chi connectivity index (χ4n) is 4.04. The number of benzene rings is 1. The molecule has 0 aliphatic rings. The Morgan fingerprint density at radius 2 is 1.21 bits per heavy atom. The van der Waals surface area contributed by atoms with Gasteiger partial charge in [-0.2, -0.15) is 0 Å². The van der Waals surface area contributed by atoms with E-state index in [1.54, 1.807) is 0 Å². The molecule has 2 N–H and O–H groups in total. The fourth-order valence-corrected chi connectivity index (χ4v) is 4.04. The van der Waals surface area contributed by atoms with Crippen LogP contribution in [0.4, 0.5) is 0 Å². The molecular formula is C27H42O6. The highest BCUT2D eigenvalue weighted by atomic mass is 16.5. The second-order valence-corrected chi connectivity index (χ2v) is 8.98. The van der Waals surface area contributed by atoms with Crippen molar-refractivity contribution >= 4 is 17.9 Å². The molecule has 6 nitrogen and oxygen atoms in total. The third-order valence-corrected chi connectivity index (χ3v) is 6.27. The number of unbranched alkanes of at least 4 members (excludes halogenated alkanes) is 11. The number of hydrogen-bond donors (Lipinski definition) is 2. The van der Waals surface area contributed by atoms with Crippen LogP contribution in [-0.4, -0.2) is 28.1 Å². The number of carbonyl (C=O) groups is 3. The Morgan fingerprint density at radius 3 is 1.70 bits per heavy atom. The Morgan fingerprint density at radius 1 is 0.727 bits per heavy atom. The van der Waals surface area contributed by atoms with Crippen LogP contribution in [0, 0.1) is 5.41 Å². The third kappa shape index (κ3) is 11.9. The van der Waals surface area contributed by atoms with Gasteiger partial charge in [-0.1, -0.05) is 114 Å². The molecule has 1 aromatic rings. The van der Waals surface area contributed by atoms with Crippen molar-refractivity contribution in [2.75, 3.05) is 0 Å². The van der Waals surface area contributed by atoms with Gasteiger partial charge in [-0.05, 0) is 18.4 Å². The summed E-state index contributed by atoms with van der Waals surface area (Å²) in [5.74, 6) is -3.34. The second-order valence-electron chi connectivity index (χ2n) is 8.98. The lowest BCUT2D eigenvalue weighted by atomic mass is 9.78. The lowest BCUT2D eigenvalue weighted by molar-refractivity contribution is -0.166. The van der Waals surface area contributed by atoms with Gasteiger partial charge in [0, 0.05) is 6.42 Å². The molecule has 0 spiro atoms. The zero-order valence-corrected chi connectivity index (χ0v) is 20.2. The molecule has 0 bridgehead atoms. The van der Waals surface area contributed by atoms with Gasteiger partial charge in [-0.25, -0.2) is 0 Å². The molecule has 0 aliphatic carbocycles. The molecule has 0 saturated heterocycles. The van der Waals surface area contributed by atoms with Gasteiger partial charge in [0.05, 0.1) is 0 Å². The molecule has 0 fully saturated rings. The van der Waals surface area contributed by atoms with Crippen LogP contribution in [0.25, 0.3) is 0 Å². The van der Waals surface area contributed by atoms with E-state index in [1.165, 1.54) is 51.4 Å².